The second-order valence-corrected chi connectivity index (χ2v) is 5.93. The SMILES string of the molecule is C[C@H]1COC[C@H](C)N1CC1CCNCC1.O=C(O)C(F)(F)F. The average Bonchev–Trinajstić information content (AvgIpc) is 2.44. The zero-order valence-electron chi connectivity index (χ0n) is 13.0. The van der Waals surface area contributed by atoms with Gasteiger partial charge in [-0.25, -0.2) is 4.79 Å². The Hall–Kier alpha value is -0.860. The molecule has 0 aromatic rings. The first kappa shape index (κ1) is 19.2. The first-order valence-corrected chi connectivity index (χ1v) is 7.56. The van der Waals surface area contributed by atoms with Gasteiger partial charge in [0.1, 0.15) is 0 Å². The number of aliphatic carboxylic acids is 1. The number of nitrogens with zero attached hydrogens (tertiary/aromatic N) is 1. The lowest BCUT2D eigenvalue weighted by Crippen LogP contribution is -2.52. The van der Waals surface area contributed by atoms with E-state index in [2.05, 4.69) is 24.1 Å². The predicted molar refractivity (Wildman–Crippen MR) is 75.7 cm³/mol. The summed E-state index contributed by atoms with van der Waals surface area (Å²) < 4.78 is 37.3. The summed E-state index contributed by atoms with van der Waals surface area (Å²) in [4.78, 5) is 11.5. The van der Waals surface area contributed by atoms with Crippen molar-refractivity contribution < 1.29 is 27.8 Å². The van der Waals surface area contributed by atoms with Crippen molar-refractivity contribution in [2.75, 3.05) is 32.8 Å². The highest BCUT2D eigenvalue weighted by Gasteiger charge is 2.38. The highest BCUT2D eigenvalue weighted by Crippen LogP contribution is 2.19. The molecule has 0 aliphatic carbocycles. The van der Waals surface area contributed by atoms with Gasteiger partial charge in [-0.15, -0.1) is 0 Å². The lowest BCUT2D eigenvalue weighted by molar-refractivity contribution is -0.192. The highest BCUT2D eigenvalue weighted by molar-refractivity contribution is 5.73. The molecule has 0 unspecified atom stereocenters. The van der Waals surface area contributed by atoms with E-state index in [4.69, 9.17) is 14.6 Å². The smallest absolute Gasteiger partial charge is 0.475 e. The quantitative estimate of drug-likeness (QED) is 0.809. The van der Waals surface area contributed by atoms with Crippen LogP contribution in [-0.2, 0) is 9.53 Å². The number of alkyl halides is 3. The molecule has 0 spiro atoms. The summed E-state index contributed by atoms with van der Waals surface area (Å²) in [6, 6.07) is 1.20. The molecule has 0 saturated carbocycles. The standard InChI is InChI=1S/C12H24N2O.C2HF3O2/c1-10-8-15-9-11(2)14(10)7-12-3-5-13-6-4-12;3-2(4,5)1(6)7/h10-13H,3-9H2,1-2H3;(H,6,7)/t10-,11-;/m0./s1. The predicted octanol–water partition coefficient (Wildman–Crippen LogP) is 1.73. The molecule has 8 heteroatoms. The number of carboxylic acid groups (broad SMARTS) is 1. The normalized spacial score (nSPS) is 27.9. The Morgan fingerprint density at radius 1 is 1.23 bits per heavy atom. The Kier molecular flexibility index (Phi) is 7.58. The van der Waals surface area contributed by atoms with Crippen LogP contribution in [0.15, 0.2) is 0 Å². The van der Waals surface area contributed by atoms with Gasteiger partial charge in [-0.1, -0.05) is 0 Å². The van der Waals surface area contributed by atoms with Crippen LogP contribution in [0.25, 0.3) is 0 Å². The molecule has 130 valence electrons. The second kappa shape index (κ2) is 8.69. The van der Waals surface area contributed by atoms with Crippen molar-refractivity contribution in [2.45, 2.75) is 44.9 Å². The van der Waals surface area contributed by atoms with Crippen LogP contribution >= 0.6 is 0 Å². The first-order valence-electron chi connectivity index (χ1n) is 7.56. The number of carboxylic acids is 1. The second-order valence-electron chi connectivity index (χ2n) is 5.93. The van der Waals surface area contributed by atoms with Gasteiger partial charge >= 0.3 is 12.1 Å². The van der Waals surface area contributed by atoms with Gasteiger partial charge in [0.05, 0.1) is 13.2 Å². The number of nitrogens with one attached hydrogen (secondary N) is 1. The Bertz CT molecular complexity index is 337. The summed E-state index contributed by atoms with van der Waals surface area (Å²) in [5.41, 5.74) is 0. The third-order valence-electron chi connectivity index (χ3n) is 4.02. The summed E-state index contributed by atoms with van der Waals surface area (Å²) in [5, 5.41) is 10.6. The van der Waals surface area contributed by atoms with E-state index in [1.54, 1.807) is 0 Å². The zero-order chi connectivity index (χ0) is 16.8. The van der Waals surface area contributed by atoms with Crippen LogP contribution in [0.1, 0.15) is 26.7 Å². The molecule has 0 aromatic heterocycles. The molecule has 2 saturated heterocycles. The van der Waals surface area contributed by atoms with E-state index in [0.29, 0.717) is 12.1 Å². The fraction of sp³-hybridized carbons (Fsp3) is 0.929. The van der Waals surface area contributed by atoms with E-state index in [9.17, 15) is 13.2 Å². The Morgan fingerprint density at radius 2 is 1.68 bits per heavy atom. The van der Waals surface area contributed by atoms with Crippen LogP contribution in [0.2, 0.25) is 0 Å². The minimum Gasteiger partial charge on any atom is -0.475 e. The van der Waals surface area contributed by atoms with E-state index >= 15 is 0 Å². The number of hydrogen-bond acceptors (Lipinski definition) is 4. The molecular formula is C14H25F3N2O3. The lowest BCUT2D eigenvalue weighted by atomic mass is 9.96. The summed E-state index contributed by atoms with van der Waals surface area (Å²) in [7, 11) is 0. The van der Waals surface area contributed by atoms with Gasteiger partial charge in [0.15, 0.2) is 0 Å². The summed E-state index contributed by atoms with van der Waals surface area (Å²) in [5.74, 6) is -1.86. The molecule has 0 aromatic carbocycles. The third-order valence-corrected chi connectivity index (χ3v) is 4.02. The van der Waals surface area contributed by atoms with Crippen LogP contribution in [0, 0.1) is 5.92 Å². The highest BCUT2D eigenvalue weighted by atomic mass is 19.4. The van der Waals surface area contributed by atoms with Crippen LogP contribution in [0.5, 0.6) is 0 Å². The molecule has 0 amide bonds. The molecule has 0 bridgehead atoms. The maximum Gasteiger partial charge on any atom is 0.490 e. The maximum absolute atomic E-state index is 10.6. The average molecular weight is 326 g/mol. The monoisotopic (exact) mass is 326 g/mol. The molecule has 2 aliphatic heterocycles. The molecule has 2 aliphatic rings. The van der Waals surface area contributed by atoms with Crippen molar-refractivity contribution >= 4 is 5.97 Å². The van der Waals surface area contributed by atoms with Gasteiger partial charge in [-0.2, -0.15) is 13.2 Å². The van der Waals surface area contributed by atoms with Crippen LogP contribution < -0.4 is 5.32 Å². The Balaban J connectivity index is 0.000000295. The fourth-order valence-corrected chi connectivity index (χ4v) is 2.76. The van der Waals surface area contributed by atoms with E-state index in [1.165, 1.54) is 32.5 Å². The summed E-state index contributed by atoms with van der Waals surface area (Å²) in [6.07, 6.45) is -2.40. The van der Waals surface area contributed by atoms with Crippen LogP contribution in [-0.4, -0.2) is 67.1 Å². The minimum absolute atomic E-state index is 0.601. The first-order chi connectivity index (χ1) is 10.2. The Labute approximate surface area is 128 Å². The molecule has 2 heterocycles. The molecule has 0 radical (unpaired) electrons. The number of piperidine rings is 1. The minimum atomic E-state index is -5.08. The Morgan fingerprint density at radius 3 is 2.09 bits per heavy atom. The van der Waals surface area contributed by atoms with Crippen molar-refractivity contribution in [1.29, 1.82) is 0 Å². The molecule has 2 N–H and O–H groups in total. The van der Waals surface area contributed by atoms with E-state index in [-0.39, 0.29) is 0 Å². The van der Waals surface area contributed by atoms with Crippen molar-refractivity contribution in [1.82, 2.24) is 10.2 Å². The molecule has 5 nitrogen and oxygen atoms in total. The summed E-state index contributed by atoms with van der Waals surface area (Å²) >= 11 is 0. The lowest BCUT2D eigenvalue weighted by Gasteiger charge is -2.41. The van der Waals surface area contributed by atoms with Crippen molar-refractivity contribution in [2.24, 2.45) is 5.92 Å². The molecule has 2 rings (SSSR count). The number of rotatable bonds is 2. The van der Waals surface area contributed by atoms with Gasteiger partial charge < -0.3 is 15.2 Å². The van der Waals surface area contributed by atoms with E-state index < -0.39 is 12.1 Å². The molecule has 2 atom stereocenters. The molecule has 2 fully saturated rings. The largest absolute Gasteiger partial charge is 0.490 e. The summed E-state index contributed by atoms with van der Waals surface area (Å²) in [6.45, 7) is 10.1. The van der Waals surface area contributed by atoms with Crippen molar-refractivity contribution in [3.05, 3.63) is 0 Å². The molecule has 22 heavy (non-hydrogen) atoms. The number of ether oxygens (including phenoxy) is 1. The van der Waals surface area contributed by atoms with Gasteiger partial charge in [-0.3, -0.25) is 4.90 Å². The van der Waals surface area contributed by atoms with Gasteiger partial charge in [0, 0.05) is 18.6 Å². The molecular weight excluding hydrogens is 301 g/mol. The number of halogens is 3. The van der Waals surface area contributed by atoms with Crippen LogP contribution in [0.3, 0.4) is 0 Å². The maximum atomic E-state index is 10.6. The number of hydrogen-bond donors (Lipinski definition) is 2. The third kappa shape index (κ3) is 6.50. The fourth-order valence-electron chi connectivity index (χ4n) is 2.76. The number of morpholine rings is 1. The van der Waals surface area contributed by atoms with Gasteiger partial charge in [0.2, 0.25) is 0 Å². The van der Waals surface area contributed by atoms with E-state index in [0.717, 1.165) is 19.1 Å². The zero-order valence-corrected chi connectivity index (χ0v) is 13.0. The number of carbonyl (C=O) groups is 1. The van der Waals surface area contributed by atoms with Gasteiger partial charge in [-0.05, 0) is 45.7 Å². The topological polar surface area (TPSA) is 61.8 Å². The van der Waals surface area contributed by atoms with E-state index in [1.807, 2.05) is 0 Å². The van der Waals surface area contributed by atoms with Gasteiger partial charge in [0.25, 0.3) is 0 Å². The van der Waals surface area contributed by atoms with Crippen molar-refractivity contribution in [3.8, 4) is 0 Å². The van der Waals surface area contributed by atoms with Crippen LogP contribution in [0.4, 0.5) is 13.2 Å². The van der Waals surface area contributed by atoms with Crippen molar-refractivity contribution in [3.63, 3.8) is 0 Å².